The van der Waals surface area contributed by atoms with Crippen LogP contribution in [0, 0.1) is 6.92 Å². The number of para-hydroxylation sites is 1. The van der Waals surface area contributed by atoms with Gasteiger partial charge in [0.25, 0.3) is 5.95 Å². The Morgan fingerprint density at radius 2 is 1.76 bits per heavy atom. The van der Waals surface area contributed by atoms with Gasteiger partial charge in [0.15, 0.2) is 0 Å². The van der Waals surface area contributed by atoms with Crippen LogP contribution >= 0.6 is 0 Å². The highest BCUT2D eigenvalue weighted by Crippen LogP contribution is 2.24. The minimum atomic E-state index is 0.386. The van der Waals surface area contributed by atoms with Gasteiger partial charge < -0.3 is 9.80 Å². The second-order valence-electron chi connectivity index (χ2n) is 6.55. The van der Waals surface area contributed by atoms with Crippen molar-refractivity contribution in [3.8, 4) is 5.69 Å². The average Bonchev–Trinajstić information content (AvgIpc) is 3.12. The van der Waals surface area contributed by atoms with E-state index in [2.05, 4.69) is 63.4 Å². The van der Waals surface area contributed by atoms with Gasteiger partial charge in [0.1, 0.15) is 0 Å². The van der Waals surface area contributed by atoms with Crippen molar-refractivity contribution >= 4 is 11.6 Å². The second-order valence-corrected chi connectivity index (χ2v) is 6.55. The lowest BCUT2D eigenvalue weighted by Gasteiger charge is -2.41. The van der Waals surface area contributed by atoms with Crippen molar-refractivity contribution in [1.29, 1.82) is 0 Å². The van der Waals surface area contributed by atoms with Crippen LogP contribution in [-0.2, 0) is 0 Å². The van der Waals surface area contributed by atoms with Gasteiger partial charge in [-0.25, -0.2) is 0 Å². The van der Waals surface area contributed by atoms with Crippen LogP contribution in [0.2, 0.25) is 0 Å². The number of aryl methyl sites for hydroxylation is 1. The van der Waals surface area contributed by atoms with E-state index in [1.807, 2.05) is 35.0 Å². The van der Waals surface area contributed by atoms with E-state index in [1.54, 1.807) is 0 Å². The lowest BCUT2D eigenvalue weighted by molar-refractivity contribution is 0.539. The van der Waals surface area contributed by atoms with Crippen molar-refractivity contribution < 1.29 is 0 Å². The minimum absolute atomic E-state index is 0.386. The zero-order valence-corrected chi connectivity index (χ0v) is 14.6. The molecule has 0 spiro atoms. The molecule has 4 rings (SSSR count). The molecule has 3 aromatic rings. The summed E-state index contributed by atoms with van der Waals surface area (Å²) in [4.78, 5) is 4.73. The van der Waals surface area contributed by atoms with Crippen LogP contribution in [-0.4, -0.2) is 45.9 Å². The van der Waals surface area contributed by atoms with Crippen molar-refractivity contribution in [3.05, 3.63) is 60.2 Å². The first-order valence-corrected chi connectivity index (χ1v) is 8.64. The third kappa shape index (κ3) is 3.07. The highest BCUT2D eigenvalue weighted by Gasteiger charge is 2.27. The third-order valence-electron chi connectivity index (χ3n) is 4.70. The van der Waals surface area contributed by atoms with Crippen molar-refractivity contribution in [1.82, 2.24) is 20.2 Å². The summed E-state index contributed by atoms with van der Waals surface area (Å²) in [5.41, 5.74) is 3.56. The molecule has 1 fully saturated rings. The Bertz CT molecular complexity index is 844. The molecule has 0 radical (unpaired) electrons. The Morgan fingerprint density at radius 3 is 2.52 bits per heavy atom. The number of rotatable bonds is 3. The molecule has 1 aliphatic heterocycles. The molecule has 1 aromatic heterocycles. The SMILES string of the molecule is Cc1cccc(N2CCN(c3nnnn3-c3ccccc3)C[C@H]2C)c1. The predicted molar refractivity (Wildman–Crippen MR) is 99.4 cm³/mol. The van der Waals surface area contributed by atoms with Gasteiger partial charge in [0.05, 0.1) is 5.69 Å². The highest BCUT2D eigenvalue weighted by atomic mass is 15.6. The molecule has 0 aliphatic carbocycles. The molecule has 0 saturated carbocycles. The van der Waals surface area contributed by atoms with Gasteiger partial charge in [-0.3, -0.25) is 0 Å². The zero-order chi connectivity index (χ0) is 17.2. The first-order valence-electron chi connectivity index (χ1n) is 8.64. The maximum Gasteiger partial charge on any atom is 0.250 e. The fourth-order valence-electron chi connectivity index (χ4n) is 3.45. The van der Waals surface area contributed by atoms with Gasteiger partial charge >= 0.3 is 0 Å². The molecule has 0 bridgehead atoms. The second kappa shape index (κ2) is 6.55. The molecule has 6 nitrogen and oxygen atoms in total. The van der Waals surface area contributed by atoms with E-state index in [9.17, 15) is 0 Å². The van der Waals surface area contributed by atoms with Gasteiger partial charge in [-0.2, -0.15) is 4.68 Å². The van der Waals surface area contributed by atoms with Crippen molar-refractivity contribution in [2.24, 2.45) is 0 Å². The summed E-state index contributed by atoms with van der Waals surface area (Å²) >= 11 is 0. The summed E-state index contributed by atoms with van der Waals surface area (Å²) in [5.74, 6) is 0.807. The highest BCUT2D eigenvalue weighted by molar-refractivity contribution is 5.52. The molecule has 128 valence electrons. The summed E-state index contributed by atoms with van der Waals surface area (Å²) in [5, 5.41) is 12.3. The number of benzene rings is 2. The monoisotopic (exact) mass is 334 g/mol. The number of hydrogen-bond acceptors (Lipinski definition) is 5. The Kier molecular flexibility index (Phi) is 4.09. The number of anilines is 2. The number of hydrogen-bond donors (Lipinski definition) is 0. The topological polar surface area (TPSA) is 50.1 Å². The number of tetrazole rings is 1. The van der Waals surface area contributed by atoms with Gasteiger partial charge in [0.2, 0.25) is 0 Å². The van der Waals surface area contributed by atoms with Crippen LogP contribution < -0.4 is 9.80 Å². The Morgan fingerprint density at radius 1 is 0.960 bits per heavy atom. The van der Waals surface area contributed by atoms with Crippen LogP contribution in [0.15, 0.2) is 54.6 Å². The lowest BCUT2D eigenvalue weighted by atomic mass is 10.1. The smallest absolute Gasteiger partial charge is 0.250 e. The van der Waals surface area contributed by atoms with E-state index >= 15 is 0 Å². The Labute approximate surface area is 147 Å². The van der Waals surface area contributed by atoms with Gasteiger partial charge in [-0.15, -0.1) is 0 Å². The van der Waals surface area contributed by atoms with E-state index in [-0.39, 0.29) is 0 Å². The Hall–Kier alpha value is -2.89. The van der Waals surface area contributed by atoms with E-state index in [0.29, 0.717) is 6.04 Å². The maximum atomic E-state index is 4.27. The summed E-state index contributed by atoms with van der Waals surface area (Å²) in [6.07, 6.45) is 0. The van der Waals surface area contributed by atoms with Crippen molar-refractivity contribution in [2.75, 3.05) is 29.4 Å². The zero-order valence-electron chi connectivity index (χ0n) is 14.6. The van der Waals surface area contributed by atoms with E-state index in [4.69, 9.17) is 0 Å². The molecule has 2 heterocycles. The van der Waals surface area contributed by atoms with Crippen LogP contribution in [0.3, 0.4) is 0 Å². The molecule has 0 unspecified atom stereocenters. The molecular weight excluding hydrogens is 312 g/mol. The summed E-state index contributed by atoms with van der Waals surface area (Å²) in [6.45, 7) is 7.13. The minimum Gasteiger partial charge on any atom is -0.365 e. The molecule has 1 atom stereocenters. The standard InChI is InChI=1S/C19H22N6/c1-15-7-6-10-18(13-15)24-12-11-23(14-16(24)2)19-20-21-22-25(19)17-8-4-3-5-9-17/h3-10,13,16H,11-12,14H2,1-2H3/t16-/m1/s1. The normalized spacial score (nSPS) is 17.8. The molecule has 0 N–H and O–H groups in total. The number of piperazine rings is 1. The van der Waals surface area contributed by atoms with Gasteiger partial charge in [-0.05, 0) is 54.1 Å². The van der Waals surface area contributed by atoms with E-state index < -0.39 is 0 Å². The van der Waals surface area contributed by atoms with E-state index in [0.717, 1.165) is 31.3 Å². The van der Waals surface area contributed by atoms with Gasteiger partial charge in [-0.1, -0.05) is 35.4 Å². The first kappa shape index (κ1) is 15.6. The van der Waals surface area contributed by atoms with Crippen LogP contribution in [0.5, 0.6) is 0 Å². The number of nitrogens with zero attached hydrogens (tertiary/aromatic N) is 6. The third-order valence-corrected chi connectivity index (χ3v) is 4.70. The largest absolute Gasteiger partial charge is 0.365 e. The van der Waals surface area contributed by atoms with E-state index in [1.165, 1.54) is 11.3 Å². The fraction of sp³-hybridized carbons (Fsp3) is 0.316. The van der Waals surface area contributed by atoms with Crippen LogP contribution in [0.1, 0.15) is 12.5 Å². The predicted octanol–water partition coefficient (Wildman–Crippen LogP) is 2.69. The first-order chi connectivity index (χ1) is 12.2. The molecule has 25 heavy (non-hydrogen) atoms. The molecular formula is C19H22N6. The van der Waals surface area contributed by atoms with Crippen molar-refractivity contribution in [3.63, 3.8) is 0 Å². The molecule has 1 saturated heterocycles. The number of aromatic nitrogens is 4. The summed E-state index contributed by atoms with van der Waals surface area (Å²) in [7, 11) is 0. The van der Waals surface area contributed by atoms with Crippen molar-refractivity contribution in [2.45, 2.75) is 19.9 Å². The van der Waals surface area contributed by atoms with Crippen LogP contribution in [0.25, 0.3) is 5.69 Å². The molecule has 2 aromatic carbocycles. The molecule has 1 aliphatic rings. The Balaban J connectivity index is 1.55. The van der Waals surface area contributed by atoms with Crippen LogP contribution in [0.4, 0.5) is 11.6 Å². The maximum absolute atomic E-state index is 4.27. The molecule has 0 amide bonds. The summed E-state index contributed by atoms with van der Waals surface area (Å²) in [6, 6.07) is 19.1. The molecule has 6 heteroatoms. The lowest BCUT2D eigenvalue weighted by Crippen LogP contribution is -2.52. The quantitative estimate of drug-likeness (QED) is 0.737. The van der Waals surface area contributed by atoms with Gasteiger partial charge in [0, 0.05) is 31.4 Å². The fourth-order valence-corrected chi connectivity index (χ4v) is 3.45. The summed E-state index contributed by atoms with van der Waals surface area (Å²) < 4.78 is 1.81. The average molecular weight is 334 g/mol.